The van der Waals surface area contributed by atoms with Crippen LogP contribution in [0.15, 0.2) is 46.2 Å². The standard InChI is InChI=1S/C10H8O6S2.4Na.4H/c11-17(12,13)9-6-5-7-3-1-2-4-8(7)10(9)18(14,15)16;;;;;;;;/h1-6H,(H,11,12,13)(H,14,15,16);;;;;;;;/q;4*+1;4*-1. The fraction of sp³-hybridized carbons (Fsp3) is 0. The molecule has 0 atom stereocenters. The maximum atomic E-state index is 11.3. The molecule has 0 aliphatic carbocycles. The second-order valence-corrected chi connectivity index (χ2v) is 6.31. The van der Waals surface area contributed by atoms with E-state index in [4.69, 9.17) is 9.11 Å². The Bertz CT molecular complexity index is 852. The maximum absolute atomic E-state index is 11.3. The SMILES string of the molecule is O=S(=O)(O)c1ccc2ccccc2c1S(=O)(=O)O.[H-].[H-].[H-].[H-].[Na+].[Na+].[Na+].[Na+]. The molecule has 2 aromatic carbocycles. The molecule has 22 heavy (non-hydrogen) atoms. The summed E-state index contributed by atoms with van der Waals surface area (Å²) in [7, 11) is -9.53. The molecule has 0 spiro atoms. The predicted molar refractivity (Wildman–Crippen MR) is 68.0 cm³/mol. The molecule has 0 saturated carbocycles. The van der Waals surface area contributed by atoms with Crippen LogP contribution in [-0.2, 0) is 20.2 Å². The van der Waals surface area contributed by atoms with Crippen LogP contribution in [0.25, 0.3) is 10.8 Å². The van der Waals surface area contributed by atoms with Crippen molar-refractivity contribution >= 4 is 31.0 Å². The van der Waals surface area contributed by atoms with Gasteiger partial charge in [-0.05, 0) is 11.5 Å². The zero-order valence-electron chi connectivity index (χ0n) is 16.8. The topological polar surface area (TPSA) is 109 Å². The van der Waals surface area contributed by atoms with Crippen LogP contribution in [0, 0.1) is 0 Å². The normalized spacial score (nSPS) is 10.5. The van der Waals surface area contributed by atoms with E-state index in [1.54, 1.807) is 12.1 Å². The third-order valence-electron chi connectivity index (χ3n) is 2.38. The van der Waals surface area contributed by atoms with E-state index in [0.29, 0.717) is 5.39 Å². The Balaban J connectivity index is -0.0000000902. The summed E-state index contributed by atoms with van der Waals surface area (Å²) in [6.07, 6.45) is 0. The molecular formula is C10H12Na4O6S2. The monoisotopic (exact) mass is 384 g/mol. The van der Waals surface area contributed by atoms with Crippen molar-refractivity contribution in [3.05, 3.63) is 36.4 Å². The smallest absolute Gasteiger partial charge is 1.00 e. The number of fused-ring (bicyclic) bond motifs is 1. The summed E-state index contributed by atoms with van der Waals surface area (Å²) in [5.74, 6) is 0. The van der Waals surface area contributed by atoms with Gasteiger partial charge in [0.1, 0.15) is 9.79 Å². The van der Waals surface area contributed by atoms with Gasteiger partial charge < -0.3 is 5.71 Å². The van der Waals surface area contributed by atoms with Crippen LogP contribution < -0.4 is 118 Å². The first-order valence-corrected chi connectivity index (χ1v) is 7.56. The number of hydrogen-bond acceptors (Lipinski definition) is 4. The summed E-state index contributed by atoms with van der Waals surface area (Å²) in [4.78, 5) is -1.66. The summed E-state index contributed by atoms with van der Waals surface area (Å²) in [5.41, 5.74) is 0. The Morgan fingerprint density at radius 2 is 1.23 bits per heavy atom. The van der Waals surface area contributed by atoms with Gasteiger partial charge in [0, 0.05) is 5.39 Å². The molecule has 0 saturated heterocycles. The molecule has 12 heteroatoms. The van der Waals surface area contributed by atoms with Crippen molar-refractivity contribution in [2.24, 2.45) is 0 Å². The van der Waals surface area contributed by atoms with Gasteiger partial charge in [-0.2, -0.15) is 16.8 Å². The minimum atomic E-state index is -4.78. The van der Waals surface area contributed by atoms with Crippen LogP contribution in [0.3, 0.4) is 0 Å². The molecule has 0 bridgehead atoms. The van der Waals surface area contributed by atoms with E-state index in [2.05, 4.69) is 0 Å². The summed E-state index contributed by atoms with van der Waals surface area (Å²) in [5, 5.41) is 0.452. The van der Waals surface area contributed by atoms with Crippen LogP contribution in [0.1, 0.15) is 5.71 Å². The average Bonchev–Trinajstić information content (AvgIpc) is 2.24. The second kappa shape index (κ2) is 11.3. The van der Waals surface area contributed by atoms with E-state index in [-0.39, 0.29) is 129 Å². The molecule has 0 amide bonds. The van der Waals surface area contributed by atoms with Gasteiger partial charge in [0.2, 0.25) is 0 Å². The number of hydrogen-bond donors (Lipinski definition) is 2. The van der Waals surface area contributed by atoms with Crippen molar-refractivity contribution < 1.29 is 150 Å². The van der Waals surface area contributed by atoms with Crippen molar-refractivity contribution in [3.63, 3.8) is 0 Å². The van der Waals surface area contributed by atoms with Crippen molar-refractivity contribution in [1.82, 2.24) is 0 Å². The molecule has 0 aliphatic rings. The van der Waals surface area contributed by atoms with E-state index >= 15 is 0 Å². The molecule has 0 heterocycles. The van der Waals surface area contributed by atoms with Crippen LogP contribution >= 0.6 is 0 Å². The van der Waals surface area contributed by atoms with E-state index < -0.39 is 30.0 Å². The van der Waals surface area contributed by atoms with Crippen LogP contribution in [0.4, 0.5) is 0 Å². The first-order chi connectivity index (χ1) is 8.21. The average molecular weight is 384 g/mol. The molecule has 0 unspecified atom stereocenters. The third kappa shape index (κ3) is 7.03. The molecule has 6 nitrogen and oxygen atoms in total. The largest absolute Gasteiger partial charge is 1.00 e. The Morgan fingerprint density at radius 1 is 0.727 bits per heavy atom. The van der Waals surface area contributed by atoms with Crippen molar-refractivity contribution in [2.45, 2.75) is 9.79 Å². The van der Waals surface area contributed by atoms with Gasteiger partial charge in [0.05, 0.1) is 0 Å². The zero-order valence-corrected chi connectivity index (χ0v) is 22.4. The minimum absolute atomic E-state index is 0. The van der Waals surface area contributed by atoms with Gasteiger partial charge in [-0.1, -0.05) is 30.3 Å². The molecule has 2 rings (SSSR count). The van der Waals surface area contributed by atoms with Crippen molar-refractivity contribution in [1.29, 1.82) is 0 Å². The molecule has 0 aromatic heterocycles. The van der Waals surface area contributed by atoms with Gasteiger partial charge in [0.25, 0.3) is 20.2 Å². The summed E-state index contributed by atoms with van der Waals surface area (Å²) < 4.78 is 63.0. The number of rotatable bonds is 2. The Kier molecular flexibility index (Phi) is 15.0. The van der Waals surface area contributed by atoms with E-state index in [1.165, 1.54) is 18.2 Å². The second-order valence-electron chi connectivity index (χ2n) is 3.56. The maximum Gasteiger partial charge on any atom is 1.00 e. The van der Waals surface area contributed by atoms with Gasteiger partial charge in [-0.25, -0.2) is 0 Å². The van der Waals surface area contributed by atoms with Gasteiger partial charge in [-0.3, -0.25) is 9.11 Å². The molecular weight excluding hydrogens is 372 g/mol. The van der Waals surface area contributed by atoms with Crippen molar-refractivity contribution in [2.75, 3.05) is 0 Å². The summed E-state index contributed by atoms with van der Waals surface area (Å²) in [6, 6.07) is 8.28. The Labute approximate surface area is 223 Å². The fourth-order valence-corrected chi connectivity index (χ4v) is 3.69. The molecule has 2 aromatic rings. The molecule has 0 radical (unpaired) electrons. The Morgan fingerprint density at radius 3 is 1.68 bits per heavy atom. The summed E-state index contributed by atoms with van der Waals surface area (Å²) in [6.45, 7) is 0. The first-order valence-electron chi connectivity index (χ1n) is 4.68. The van der Waals surface area contributed by atoms with Gasteiger partial charge >= 0.3 is 118 Å². The molecule has 104 valence electrons. The Hall–Kier alpha value is 2.52. The van der Waals surface area contributed by atoms with Crippen LogP contribution in [0.2, 0.25) is 0 Å². The first kappa shape index (κ1) is 29.3. The van der Waals surface area contributed by atoms with Crippen LogP contribution in [-0.4, -0.2) is 25.9 Å². The fourth-order valence-electron chi connectivity index (χ4n) is 1.69. The van der Waals surface area contributed by atoms with Crippen molar-refractivity contribution in [3.8, 4) is 0 Å². The van der Waals surface area contributed by atoms with E-state index in [1.807, 2.05) is 0 Å². The quantitative estimate of drug-likeness (QED) is 0.393. The zero-order chi connectivity index (χ0) is 13.6. The third-order valence-corrected chi connectivity index (χ3v) is 4.36. The minimum Gasteiger partial charge on any atom is -1.00 e. The molecule has 0 aliphatic heterocycles. The van der Waals surface area contributed by atoms with Crippen LogP contribution in [0.5, 0.6) is 0 Å². The number of benzene rings is 2. The van der Waals surface area contributed by atoms with E-state index in [0.717, 1.165) is 6.07 Å². The summed E-state index contributed by atoms with van der Waals surface area (Å²) >= 11 is 0. The molecule has 2 N–H and O–H groups in total. The van der Waals surface area contributed by atoms with Gasteiger partial charge in [-0.15, -0.1) is 0 Å². The van der Waals surface area contributed by atoms with Gasteiger partial charge in [0.15, 0.2) is 0 Å². The predicted octanol–water partition coefficient (Wildman–Crippen LogP) is -10.2. The van der Waals surface area contributed by atoms with E-state index in [9.17, 15) is 16.8 Å². The molecule has 0 fully saturated rings.